The van der Waals surface area contributed by atoms with Crippen molar-refractivity contribution in [1.29, 1.82) is 0 Å². The van der Waals surface area contributed by atoms with Crippen LogP contribution in [-0.4, -0.2) is 28.5 Å². The zero-order valence-corrected chi connectivity index (χ0v) is 25.5. The van der Waals surface area contributed by atoms with Crippen LogP contribution in [0.25, 0.3) is 61.8 Å². The molecule has 4 aromatic heterocycles. The number of nitrogens with zero attached hydrogens (tertiary/aromatic N) is 6. The SMILES string of the molecule is CCCC(CCC)c1cn2c(-c3ccc4c(c3)ncn4-c3ccccc3)c(-c3ccc4ncn(-c5ccccc5)c4c3)nc2o1. The molecular weight excluding hydrogens is 556 g/mol. The number of benzene rings is 4. The number of fused-ring (bicyclic) bond motifs is 3. The van der Waals surface area contributed by atoms with Gasteiger partial charge in [-0.1, -0.05) is 75.2 Å². The van der Waals surface area contributed by atoms with E-state index in [2.05, 4.69) is 99.2 Å². The summed E-state index contributed by atoms with van der Waals surface area (Å²) in [5.41, 5.74) is 9.99. The van der Waals surface area contributed by atoms with E-state index in [9.17, 15) is 0 Å². The fraction of sp³-hybridized carbons (Fsp3) is 0.184. The molecule has 8 rings (SSSR count). The van der Waals surface area contributed by atoms with Crippen molar-refractivity contribution in [3.63, 3.8) is 0 Å². The molecule has 0 N–H and O–H groups in total. The normalized spacial score (nSPS) is 11.9. The van der Waals surface area contributed by atoms with Gasteiger partial charge in [0.1, 0.15) is 24.1 Å². The molecule has 0 aliphatic carbocycles. The van der Waals surface area contributed by atoms with Crippen molar-refractivity contribution < 1.29 is 4.42 Å². The first kappa shape index (κ1) is 27.1. The van der Waals surface area contributed by atoms with Crippen molar-refractivity contribution in [3.8, 4) is 33.9 Å². The first-order valence-electron chi connectivity index (χ1n) is 15.8. The van der Waals surface area contributed by atoms with Gasteiger partial charge in [-0.25, -0.2) is 9.97 Å². The fourth-order valence-electron chi connectivity index (χ4n) is 6.56. The van der Waals surface area contributed by atoms with Gasteiger partial charge in [0.05, 0.1) is 34.0 Å². The number of oxazole rings is 1. The van der Waals surface area contributed by atoms with Crippen molar-refractivity contribution in [2.75, 3.05) is 0 Å². The molecule has 0 aliphatic rings. The Morgan fingerprint density at radius 3 is 2.00 bits per heavy atom. The molecule has 0 unspecified atom stereocenters. The zero-order chi connectivity index (χ0) is 30.3. The van der Waals surface area contributed by atoms with Crippen molar-refractivity contribution in [1.82, 2.24) is 28.5 Å². The molecule has 222 valence electrons. The summed E-state index contributed by atoms with van der Waals surface area (Å²) in [6.45, 7) is 4.47. The van der Waals surface area contributed by atoms with Gasteiger partial charge in [0.2, 0.25) is 0 Å². The zero-order valence-electron chi connectivity index (χ0n) is 25.5. The minimum atomic E-state index is 0.374. The van der Waals surface area contributed by atoms with Crippen LogP contribution < -0.4 is 0 Å². The number of rotatable bonds is 9. The molecule has 7 nitrogen and oxygen atoms in total. The topological polar surface area (TPSA) is 66.1 Å². The highest BCUT2D eigenvalue weighted by molar-refractivity contribution is 5.90. The van der Waals surface area contributed by atoms with Crippen LogP contribution >= 0.6 is 0 Å². The van der Waals surface area contributed by atoms with E-state index < -0.39 is 0 Å². The Bertz CT molecular complexity index is 2250. The lowest BCUT2D eigenvalue weighted by molar-refractivity contribution is 0.440. The summed E-state index contributed by atoms with van der Waals surface area (Å²) in [6, 6.07) is 33.5. The fourth-order valence-corrected chi connectivity index (χ4v) is 6.56. The molecule has 0 bridgehead atoms. The second kappa shape index (κ2) is 11.2. The van der Waals surface area contributed by atoms with Crippen LogP contribution in [0.2, 0.25) is 0 Å². The van der Waals surface area contributed by atoms with Gasteiger partial charge in [0, 0.05) is 28.4 Å². The molecule has 0 fully saturated rings. The van der Waals surface area contributed by atoms with E-state index in [1.165, 1.54) is 0 Å². The maximum atomic E-state index is 6.53. The first-order chi connectivity index (χ1) is 22.2. The molecule has 0 atom stereocenters. The molecule has 8 aromatic rings. The average molecular weight is 591 g/mol. The number of hydrogen-bond donors (Lipinski definition) is 0. The second-order valence-electron chi connectivity index (χ2n) is 11.7. The van der Waals surface area contributed by atoms with Crippen LogP contribution in [0.5, 0.6) is 0 Å². The van der Waals surface area contributed by atoms with Crippen LogP contribution in [0.4, 0.5) is 0 Å². The van der Waals surface area contributed by atoms with Gasteiger partial charge in [0.15, 0.2) is 0 Å². The van der Waals surface area contributed by atoms with Crippen LogP contribution in [0.3, 0.4) is 0 Å². The lowest BCUT2D eigenvalue weighted by atomic mass is 9.96. The minimum absolute atomic E-state index is 0.374. The predicted molar refractivity (Wildman–Crippen MR) is 180 cm³/mol. The molecule has 0 spiro atoms. The predicted octanol–water partition coefficient (Wildman–Crippen LogP) is 9.62. The molecule has 0 saturated carbocycles. The van der Waals surface area contributed by atoms with Gasteiger partial charge in [-0.2, -0.15) is 4.98 Å². The third kappa shape index (κ3) is 4.72. The molecule has 45 heavy (non-hydrogen) atoms. The monoisotopic (exact) mass is 590 g/mol. The van der Waals surface area contributed by atoms with E-state index in [1.54, 1.807) is 0 Å². The Morgan fingerprint density at radius 2 is 1.31 bits per heavy atom. The van der Waals surface area contributed by atoms with Crippen molar-refractivity contribution in [2.45, 2.75) is 45.4 Å². The molecule has 0 aliphatic heterocycles. The lowest BCUT2D eigenvalue weighted by Gasteiger charge is -2.11. The van der Waals surface area contributed by atoms with E-state index in [-0.39, 0.29) is 0 Å². The molecule has 4 heterocycles. The highest BCUT2D eigenvalue weighted by atomic mass is 16.4. The summed E-state index contributed by atoms with van der Waals surface area (Å²) in [5.74, 6) is 1.98. The van der Waals surface area contributed by atoms with Crippen LogP contribution in [0.1, 0.15) is 51.2 Å². The number of para-hydroxylation sites is 2. The Morgan fingerprint density at radius 1 is 0.667 bits per heavy atom. The average Bonchev–Trinajstić information content (AvgIpc) is 3.87. The number of imidazole rings is 3. The Balaban J connectivity index is 1.31. The number of aromatic nitrogens is 6. The van der Waals surface area contributed by atoms with Gasteiger partial charge in [-0.3, -0.25) is 13.5 Å². The van der Waals surface area contributed by atoms with E-state index in [0.717, 1.165) is 87.4 Å². The van der Waals surface area contributed by atoms with E-state index >= 15 is 0 Å². The third-order valence-electron chi connectivity index (χ3n) is 8.73. The summed E-state index contributed by atoms with van der Waals surface area (Å²) in [6.07, 6.45) is 10.4. The molecule has 0 radical (unpaired) electrons. The lowest BCUT2D eigenvalue weighted by Crippen LogP contribution is -1.97. The molecular formula is C38H34N6O. The summed E-state index contributed by atoms with van der Waals surface area (Å²) in [7, 11) is 0. The standard InChI is InChI=1S/C38H34N6O/c1-3-11-26(12-4-2)35-23-42-37(28-18-20-33-32(21-28)40-25-43(33)29-13-7-5-8-14-29)36(41-38(42)45-35)27-17-19-31-34(22-27)44(24-39-31)30-15-9-6-10-16-30/h5-10,13-26H,3-4,11-12H2,1-2H3. The smallest absolute Gasteiger partial charge is 0.307 e. The highest BCUT2D eigenvalue weighted by Gasteiger charge is 2.24. The largest absolute Gasteiger partial charge is 0.428 e. The Labute approximate surface area is 261 Å². The van der Waals surface area contributed by atoms with Crippen LogP contribution in [0.15, 0.2) is 120 Å². The quantitative estimate of drug-likeness (QED) is 0.168. The maximum Gasteiger partial charge on any atom is 0.307 e. The maximum absolute atomic E-state index is 6.53. The third-order valence-corrected chi connectivity index (χ3v) is 8.73. The summed E-state index contributed by atoms with van der Waals surface area (Å²) in [5, 5.41) is 0. The minimum Gasteiger partial charge on any atom is -0.428 e. The van der Waals surface area contributed by atoms with E-state index in [0.29, 0.717) is 11.8 Å². The van der Waals surface area contributed by atoms with Crippen LogP contribution in [-0.2, 0) is 0 Å². The van der Waals surface area contributed by atoms with Gasteiger partial charge < -0.3 is 4.42 Å². The summed E-state index contributed by atoms with van der Waals surface area (Å²) < 4.78 is 12.9. The van der Waals surface area contributed by atoms with E-state index in [4.69, 9.17) is 14.4 Å². The number of hydrogen-bond acceptors (Lipinski definition) is 4. The molecule has 4 aromatic carbocycles. The molecule has 0 saturated heterocycles. The van der Waals surface area contributed by atoms with Crippen molar-refractivity contribution in [3.05, 3.63) is 122 Å². The Hall–Kier alpha value is -5.43. The summed E-state index contributed by atoms with van der Waals surface area (Å²) >= 11 is 0. The van der Waals surface area contributed by atoms with Gasteiger partial charge in [-0.15, -0.1) is 0 Å². The Kier molecular flexibility index (Phi) is 6.78. The highest BCUT2D eigenvalue weighted by Crippen LogP contribution is 2.38. The van der Waals surface area contributed by atoms with Crippen molar-refractivity contribution in [2.24, 2.45) is 0 Å². The molecule has 7 heteroatoms. The van der Waals surface area contributed by atoms with E-state index in [1.807, 2.05) is 49.1 Å². The van der Waals surface area contributed by atoms with Gasteiger partial charge >= 0.3 is 5.84 Å². The second-order valence-corrected chi connectivity index (χ2v) is 11.7. The van der Waals surface area contributed by atoms with Crippen molar-refractivity contribution >= 4 is 27.9 Å². The summed E-state index contributed by atoms with van der Waals surface area (Å²) in [4.78, 5) is 14.6. The first-order valence-corrected chi connectivity index (χ1v) is 15.8. The van der Waals surface area contributed by atoms with Gasteiger partial charge in [-0.05, 0) is 61.4 Å². The molecule has 0 amide bonds. The van der Waals surface area contributed by atoms with Gasteiger partial charge in [0.25, 0.3) is 0 Å². The van der Waals surface area contributed by atoms with Crippen LogP contribution in [0, 0.1) is 0 Å².